The summed E-state index contributed by atoms with van der Waals surface area (Å²) in [6.45, 7) is 6.95. The van der Waals surface area contributed by atoms with Crippen molar-refractivity contribution in [3.63, 3.8) is 0 Å². The summed E-state index contributed by atoms with van der Waals surface area (Å²) in [5.41, 5.74) is 1.17. The van der Waals surface area contributed by atoms with E-state index in [1.807, 2.05) is 13.8 Å². The first-order valence-electron chi connectivity index (χ1n) is 9.29. The van der Waals surface area contributed by atoms with Gasteiger partial charge in [-0.25, -0.2) is 0 Å². The molecule has 162 valence electrons. The molecule has 2 aromatic carbocycles. The predicted molar refractivity (Wildman–Crippen MR) is 113 cm³/mol. The second-order valence-corrected chi connectivity index (χ2v) is 8.52. The Morgan fingerprint density at radius 3 is 2.17 bits per heavy atom. The molecule has 2 rings (SSSR count). The lowest BCUT2D eigenvalue weighted by atomic mass is 10.1. The zero-order valence-corrected chi connectivity index (χ0v) is 18.4. The number of benzene rings is 2. The highest BCUT2D eigenvalue weighted by atomic mass is 32.2. The third-order valence-corrected chi connectivity index (χ3v) is 5.52. The Hall–Kier alpha value is -3.07. The molecule has 2 aromatic rings. The molecule has 0 bridgehead atoms. The van der Waals surface area contributed by atoms with Gasteiger partial charge >= 0.3 is 10.1 Å². The third kappa shape index (κ3) is 5.96. The average Bonchev–Trinajstić information content (AvgIpc) is 2.65. The van der Waals surface area contributed by atoms with Crippen LogP contribution in [0.25, 0.3) is 0 Å². The minimum atomic E-state index is -4.14. The fourth-order valence-electron chi connectivity index (χ4n) is 2.81. The minimum Gasteiger partial charge on any atom is -0.493 e. The zero-order valence-electron chi connectivity index (χ0n) is 17.6. The number of nitrogens with one attached hydrogen (secondary N) is 1. The van der Waals surface area contributed by atoms with Gasteiger partial charge in [-0.3, -0.25) is 9.59 Å². The van der Waals surface area contributed by atoms with Gasteiger partial charge in [0.25, 0.3) is 0 Å². The van der Waals surface area contributed by atoms with Crippen LogP contribution < -0.4 is 14.2 Å². The van der Waals surface area contributed by atoms with Gasteiger partial charge in [-0.15, -0.1) is 0 Å². The summed E-state index contributed by atoms with van der Waals surface area (Å²) in [5.74, 6) is -0.0797. The highest BCUT2D eigenvalue weighted by molar-refractivity contribution is 7.87. The van der Waals surface area contributed by atoms with E-state index in [2.05, 4.69) is 5.32 Å². The number of carbonyl (C=O) groups is 2. The van der Waals surface area contributed by atoms with Crippen molar-refractivity contribution in [2.75, 3.05) is 12.4 Å². The molecular weight excluding hydrogens is 408 g/mol. The van der Waals surface area contributed by atoms with E-state index in [4.69, 9.17) is 8.92 Å². The molecule has 30 heavy (non-hydrogen) atoms. The normalized spacial score (nSPS) is 11.1. The minimum absolute atomic E-state index is 0.0140. The number of nitrogens with zero attached hydrogens (tertiary/aromatic N) is 1. The maximum absolute atomic E-state index is 12.7. The van der Waals surface area contributed by atoms with Crippen LogP contribution in [0.4, 0.5) is 5.69 Å². The number of carbonyl (C=O) groups excluding carboxylic acids is 2. The van der Waals surface area contributed by atoms with Crippen LogP contribution >= 0.6 is 0 Å². The van der Waals surface area contributed by atoms with Crippen molar-refractivity contribution in [3.05, 3.63) is 48.0 Å². The summed E-state index contributed by atoms with van der Waals surface area (Å²) in [4.78, 5) is 24.5. The number of anilines is 1. The SMILES string of the molecule is COc1ccc(CN(C(C)=O)C(C)C)cc1OS(=O)(=O)c1ccc(NC(C)=O)cc1. The Morgan fingerprint density at radius 1 is 1.03 bits per heavy atom. The zero-order chi connectivity index (χ0) is 22.5. The van der Waals surface area contributed by atoms with Crippen LogP contribution in [0.2, 0.25) is 0 Å². The lowest BCUT2D eigenvalue weighted by Gasteiger charge is -2.25. The summed E-state index contributed by atoms with van der Waals surface area (Å²) >= 11 is 0. The van der Waals surface area contributed by atoms with Crippen molar-refractivity contribution in [1.29, 1.82) is 0 Å². The fraction of sp³-hybridized carbons (Fsp3) is 0.333. The molecule has 0 aliphatic heterocycles. The Labute approximate surface area is 176 Å². The van der Waals surface area contributed by atoms with Gasteiger partial charge in [-0.05, 0) is 55.8 Å². The van der Waals surface area contributed by atoms with Gasteiger partial charge in [-0.1, -0.05) is 6.07 Å². The van der Waals surface area contributed by atoms with E-state index in [9.17, 15) is 18.0 Å². The number of methoxy groups -OCH3 is 1. The van der Waals surface area contributed by atoms with Gasteiger partial charge in [0.05, 0.1) is 7.11 Å². The molecule has 0 radical (unpaired) electrons. The number of hydrogen-bond acceptors (Lipinski definition) is 6. The molecule has 0 aliphatic rings. The summed E-state index contributed by atoms with van der Waals surface area (Å²) < 4.78 is 36.0. The molecule has 0 aromatic heterocycles. The summed E-state index contributed by atoms with van der Waals surface area (Å²) in [7, 11) is -2.73. The van der Waals surface area contributed by atoms with Crippen LogP contribution in [0.3, 0.4) is 0 Å². The maximum atomic E-state index is 12.7. The summed E-state index contributed by atoms with van der Waals surface area (Å²) in [6, 6.07) is 10.5. The largest absolute Gasteiger partial charge is 0.493 e. The first-order chi connectivity index (χ1) is 14.0. The first kappa shape index (κ1) is 23.2. The molecule has 0 heterocycles. The maximum Gasteiger partial charge on any atom is 0.339 e. The predicted octanol–water partition coefficient (Wildman–Crippen LogP) is 3.18. The van der Waals surface area contributed by atoms with Crippen LogP contribution in [0.5, 0.6) is 11.5 Å². The Kier molecular flexibility index (Phi) is 7.44. The van der Waals surface area contributed by atoms with Gasteiger partial charge < -0.3 is 19.1 Å². The molecule has 0 unspecified atom stereocenters. The van der Waals surface area contributed by atoms with E-state index in [-0.39, 0.29) is 34.3 Å². The van der Waals surface area contributed by atoms with Crippen molar-refractivity contribution in [2.45, 2.75) is 45.2 Å². The topological polar surface area (TPSA) is 102 Å². The molecule has 9 heteroatoms. The third-order valence-electron chi connectivity index (χ3n) is 4.27. The molecular formula is C21H26N2O6S. The molecule has 0 saturated carbocycles. The molecule has 0 atom stereocenters. The van der Waals surface area contributed by atoms with Crippen molar-refractivity contribution in [2.24, 2.45) is 0 Å². The Morgan fingerprint density at radius 2 is 1.67 bits per heavy atom. The number of rotatable bonds is 8. The van der Waals surface area contributed by atoms with Gasteiger partial charge in [-0.2, -0.15) is 8.42 Å². The van der Waals surface area contributed by atoms with E-state index in [0.717, 1.165) is 0 Å². The van der Waals surface area contributed by atoms with E-state index < -0.39 is 10.1 Å². The van der Waals surface area contributed by atoms with E-state index >= 15 is 0 Å². The van der Waals surface area contributed by atoms with E-state index in [0.29, 0.717) is 17.8 Å². The molecule has 0 fully saturated rings. The van der Waals surface area contributed by atoms with Gasteiger partial charge in [0, 0.05) is 32.1 Å². The van der Waals surface area contributed by atoms with Crippen molar-refractivity contribution >= 4 is 27.6 Å². The number of ether oxygens (including phenoxy) is 1. The number of amides is 2. The van der Waals surface area contributed by atoms with Crippen molar-refractivity contribution < 1.29 is 26.9 Å². The van der Waals surface area contributed by atoms with Crippen molar-refractivity contribution in [3.8, 4) is 11.5 Å². The van der Waals surface area contributed by atoms with Crippen LogP contribution in [0, 0.1) is 0 Å². The highest BCUT2D eigenvalue weighted by Crippen LogP contribution is 2.31. The molecule has 0 saturated heterocycles. The smallest absolute Gasteiger partial charge is 0.339 e. The van der Waals surface area contributed by atoms with Crippen molar-refractivity contribution in [1.82, 2.24) is 4.90 Å². The van der Waals surface area contributed by atoms with Crippen LogP contribution in [0.15, 0.2) is 47.4 Å². The van der Waals surface area contributed by atoms with Crippen LogP contribution in [0.1, 0.15) is 33.3 Å². The Balaban J connectivity index is 2.31. The molecule has 1 N–H and O–H groups in total. The summed E-state index contributed by atoms with van der Waals surface area (Å²) in [6.07, 6.45) is 0. The second-order valence-electron chi connectivity index (χ2n) is 6.97. The monoisotopic (exact) mass is 434 g/mol. The van der Waals surface area contributed by atoms with Crippen LogP contribution in [-0.2, 0) is 26.3 Å². The lowest BCUT2D eigenvalue weighted by molar-refractivity contribution is -0.131. The standard InChI is InChI=1S/C21H26N2O6S/c1-14(2)23(16(4)25)13-17-6-11-20(28-5)21(12-17)29-30(26,27)19-9-7-18(8-10-19)22-15(3)24/h6-12,14H,13H2,1-5H3,(H,22,24). The molecule has 0 aliphatic carbocycles. The van der Waals surface area contributed by atoms with Gasteiger partial charge in [0.1, 0.15) is 4.90 Å². The average molecular weight is 435 g/mol. The summed E-state index contributed by atoms with van der Waals surface area (Å²) in [5, 5.41) is 2.57. The quantitative estimate of drug-likeness (QED) is 0.640. The second kappa shape index (κ2) is 9.62. The fourth-order valence-corrected chi connectivity index (χ4v) is 3.75. The Bertz CT molecular complexity index is 1020. The first-order valence-corrected chi connectivity index (χ1v) is 10.7. The van der Waals surface area contributed by atoms with E-state index in [1.54, 1.807) is 23.1 Å². The lowest BCUT2D eigenvalue weighted by Crippen LogP contribution is -2.34. The number of hydrogen-bond donors (Lipinski definition) is 1. The molecule has 0 spiro atoms. The molecule has 2 amide bonds. The van der Waals surface area contributed by atoms with Gasteiger partial charge in [0.2, 0.25) is 11.8 Å². The van der Waals surface area contributed by atoms with Crippen LogP contribution in [-0.4, -0.2) is 38.3 Å². The highest BCUT2D eigenvalue weighted by Gasteiger charge is 2.21. The van der Waals surface area contributed by atoms with Gasteiger partial charge in [0.15, 0.2) is 11.5 Å². The van der Waals surface area contributed by atoms with E-state index in [1.165, 1.54) is 45.2 Å². The molecule has 8 nitrogen and oxygen atoms in total.